The van der Waals surface area contributed by atoms with Gasteiger partial charge >= 0.3 is 0 Å². The van der Waals surface area contributed by atoms with E-state index >= 15 is 0 Å². The molecular formula is C10H10FN. The first-order valence-corrected chi connectivity index (χ1v) is 3.87. The number of aryl methyl sites for hydroxylation is 1. The summed E-state index contributed by atoms with van der Waals surface area (Å²) in [4.78, 5) is 3.54. The summed E-state index contributed by atoms with van der Waals surface area (Å²) in [6.07, 6.45) is 8.69. The fourth-order valence-electron chi connectivity index (χ4n) is 0.987. The molecular weight excluding hydrogens is 153 g/mol. The van der Waals surface area contributed by atoms with Crippen molar-refractivity contribution in [2.24, 2.45) is 0 Å². The summed E-state index contributed by atoms with van der Waals surface area (Å²) in [5.41, 5.74) is 0.646. The van der Waals surface area contributed by atoms with E-state index in [1.54, 1.807) is 12.1 Å². The van der Waals surface area contributed by atoms with Gasteiger partial charge in [0.2, 0.25) is 5.95 Å². The smallest absolute Gasteiger partial charge is 0.216 e. The summed E-state index contributed by atoms with van der Waals surface area (Å²) in [7, 11) is 0. The molecule has 1 nitrogen and oxygen atoms in total. The Kier molecular flexibility index (Phi) is 3.28. The highest BCUT2D eigenvalue weighted by Gasteiger charge is 1.99. The summed E-state index contributed by atoms with van der Waals surface area (Å²) in [6, 6.07) is 3.47. The Balaban J connectivity index is 2.53. The second-order valence-electron chi connectivity index (χ2n) is 2.51. The maximum Gasteiger partial charge on any atom is 0.216 e. The molecule has 0 aromatic carbocycles. The highest BCUT2D eigenvalue weighted by atomic mass is 19.1. The van der Waals surface area contributed by atoms with Crippen molar-refractivity contribution < 1.29 is 4.39 Å². The lowest BCUT2D eigenvalue weighted by Crippen LogP contribution is -1.92. The van der Waals surface area contributed by atoms with E-state index in [9.17, 15) is 4.39 Å². The van der Waals surface area contributed by atoms with Gasteiger partial charge in [0, 0.05) is 18.2 Å². The molecule has 0 unspecified atom stereocenters. The number of pyridine rings is 1. The monoisotopic (exact) mass is 163 g/mol. The van der Waals surface area contributed by atoms with Crippen molar-refractivity contribution in [1.29, 1.82) is 0 Å². The van der Waals surface area contributed by atoms with Gasteiger partial charge in [-0.05, 0) is 18.9 Å². The second-order valence-corrected chi connectivity index (χ2v) is 2.51. The van der Waals surface area contributed by atoms with Crippen LogP contribution in [0.1, 0.15) is 18.4 Å². The van der Waals surface area contributed by atoms with Gasteiger partial charge in [0.05, 0.1) is 0 Å². The normalized spacial score (nSPS) is 9.33. The van der Waals surface area contributed by atoms with E-state index in [1.165, 1.54) is 6.20 Å². The standard InChI is InChI=1S/C10H10FN/c1-2-3-4-6-9-7-5-8-12-10(9)11/h1,5,7-8H,3-4,6H2. The largest absolute Gasteiger partial charge is 0.228 e. The molecule has 2 heteroatoms. The van der Waals surface area contributed by atoms with Gasteiger partial charge in [-0.25, -0.2) is 4.98 Å². The molecule has 0 aliphatic rings. The first-order chi connectivity index (χ1) is 5.84. The van der Waals surface area contributed by atoms with E-state index in [0.717, 1.165) is 6.42 Å². The summed E-state index contributed by atoms with van der Waals surface area (Å²) in [5.74, 6) is 2.13. The van der Waals surface area contributed by atoms with Gasteiger partial charge in [0.25, 0.3) is 0 Å². The molecule has 1 aromatic heterocycles. The third kappa shape index (κ3) is 2.35. The molecule has 0 atom stereocenters. The van der Waals surface area contributed by atoms with Crippen LogP contribution >= 0.6 is 0 Å². The van der Waals surface area contributed by atoms with Gasteiger partial charge < -0.3 is 0 Å². The van der Waals surface area contributed by atoms with Crippen LogP contribution in [0.15, 0.2) is 18.3 Å². The van der Waals surface area contributed by atoms with Gasteiger partial charge in [-0.2, -0.15) is 4.39 Å². The zero-order valence-electron chi connectivity index (χ0n) is 6.76. The third-order valence-electron chi connectivity index (χ3n) is 1.60. The molecule has 12 heavy (non-hydrogen) atoms. The van der Waals surface area contributed by atoms with E-state index < -0.39 is 0 Å². The second kappa shape index (κ2) is 4.50. The van der Waals surface area contributed by atoms with E-state index in [1.807, 2.05) is 0 Å². The van der Waals surface area contributed by atoms with Crippen molar-refractivity contribution in [3.05, 3.63) is 29.8 Å². The molecule has 0 amide bonds. The Morgan fingerprint density at radius 3 is 3.08 bits per heavy atom. The van der Waals surface area contributed by atoms with Crippen molar-refractivity contribution in [1.82, 2.24) is 4.98 Å². The van der Waals surface area contributed by atoms with Gasteiger partial charge in [-0.1, -0.05) is 6.07 Å². The molecule has 1 rings (SSSR count). The van der Waals surface area contributed by atoms with E-state index in [-0.39, 0.29) is 5.95 Å². The fraction of sp³-hybridized carbons (Fsp3) is 0.300. The minimum absolute atomic E-state index is 0.380. The average Bonchev–Trinajstić information content (AvgIpc) is 2.09. The topological polar surface area (TPSA) is 12.9 Å². The Morgan fingerprint density at radius 1 is 1.58 bits per heavy atom. The van der Waals surface area contributed by atoms with Crippen LogP contribution in [-0.2, 0) is 6.42 Å². The molecule has 62 valence electrons. The summed E-state index contributed by atoms with van der Waals surface area (Å²) in [5, 5.41) is 0. The van der Waals surface area contributed by atoms with Crippen LogP contribution in [0.4, 0.5) is 4.39 Å². The van der Waals surface area contributed by atoms with Gasteiger partial charge in [0.1, 0.15) is 0 Å². The minimum atomic E-state index is -0.380. The van der Waals surface area contributed by atoms with Crippen LogP contribution in [0.2, 0.25) is 0 Å². The Hall–Kier alpha value is -1.36. The molecule has 1 heterocycles. The lowest BCUT2D eigenvalue weighted by molar-refractivity contribution is 0.563. The van der Waals surface area contributed by atoms with Crippen molar-refractivity contribution in [3.63, 3.8) is 0 Å². The molecule has 0 aliphatic heterocycles. The zero-order chi connectivity index (χ0) is 8.81. The first-order valence-electron chi connectivity index (χ1n) is 3.87. The van der Waals surface area contributed by atoms with Gasteiger partial charge in [-0.15, -0.1) is 12.3 Å². The number of halogens is 1. The Bertz CT molecular complexity index is 288. The molecule has 0 fully saturated rings. The number of aromatic nitrogens is 1. The minimum Gasteiger partial charge on any atom is -0.228 e. The quantitative estimate of drug-likeness (QED) is 0.378. The lowest BCUT2D eigenvalue weighted by Gasteiger charge is -1.98. The van der Waals surface area contributed by atoms with Crippen LogP contribution in [0.5, 0.6) is 0 Å². The summed E-state index contributed by atoms with van der Waals surface area (Å²) in [6.45, 7) is 0. The van der Waals surface area contributed by atoms with Crippen LogP contribution in [0.25, 0.3) is 0 Å². The van der Waals surface area contributed by atoms with Crippen LogP contribution in [0.3, 0.4) is 0 Å². The first kappa shape index (κ1) is 8.73. The SMILES string of the molecule is C#CCCCc1cccnc1F. The number of unbranched alkanes of at least 4 members (excludes halogenated alkanes) is 1. The van der Waals surface area contributed by atoms with E-state index in [4.69, 9.17) is 6.42 Å². The maximum atomic E-state index is 12.9. The Labute approximate surface area is 71.6 Å². The molecule has 0 bridgehead atoms. The predicted molar refractivity (Wildman–Crippen MR) is 46.0 cm³/mol. The van der Waals surface area contributed by atoms with Crippen LogP contribution in [0, 0.1) is 18.3 Å². The van der Waals surface area contributed by atoms with E-state index in [2.05, 4.69) is 10.9 Å². The molecule has 0 saturated heterocycles. The van der Waals surface area contributed by atoms with Crippen molar-refractivity contribution in [2.75, 3.05) is 0 Å². The summed E-state index contributed by atoms with van der Waals surface area (Å²) < 4.78 is 12.9. The van der Waals surface area contributed by atoms with Crippen molar-refractivity contribution in [2.45, 2.75) is 19.3 Å². The molecule has 0 saturated carbocycles. The van der Waals surface area contributed by atoms with Crippen molar-refractivity contribution in [3.8, 4) is 12.3 Å². The zero-order valence-corrected chi connectivity index (χ0v) is 6.76. The van der Waals surface area contributed by atoms with Gasteiger partial charge in [0.15, 0.2) is 0 Å². The van der Waals surface area contributed by atoms with Crippen LogP contribution < -0.4 is 0 Å². The number of hydrogen-bond acceptors (Lipinski definition) is 1. The maximum absolute atomic E-state index is 12.9. The molecule has 0 spiro atoms. The number of hydrogen-bond donors (Lipinski definition) is 0. The number of rotatable bonds is 3. The Morgan fingerprint density at radius 2 is 2.42 bits per heavy atom. The molecule has 1 aromatic rings. The lowest BCUT2D eigenvalue weighted by atomic mass is 10.1. The molecule has 0 aliphatic carbocycles. The highest BCUT2D eigenvalue weighted by Crippen LogP contribution is 2.06. The van der Waals surface area contributed by atoms with E-state index in [0.29, 0.717) is 18.4 Å². The molecule has 0 N–H and O–H groups in total. The molecule has 0 radical (unpaired) electrons. The fourth-order valence-corrected chi connectivity index (χ4v) is 0.987. The number of terminal acetylenes is 1. The summed E-state index contributed by atoms with van der Waals surface area (Å²) >= 11 is 0. The highest BCUT2D eigenvalue weighted by molar-refractivity contribution is 5.10. The average molecular weight is 163 g/mol. The predicted octanol–water partition coefficient (Wildman–Crippen LogP) is 2.18. The van der Waals surface area contributed by atoms with Gasteiger partial charge in [-0.3, -0.25) is 0 Å². The third-order valence-corrected chi connectivity index (χ3v) is 1.60. The number of nitrogens with zero attached hydrogens (tertiary/aromatic N) is 1. The van der Waals surface area contributed by atoms with Crippen LogP contribution in [-0.4, -0.2) is 4.98 Å². The van der Waals surface area contributed by atoms with Crippen molar-refractivity contribution >= 4 is 0 Å².